The molecule has 1 heteroatoms. The molecule has 2 aliphatic rings. The molecule has 2 rings (SSSR count). The SMILES string of the molecule is CC1CCC(C(C)C)C(NCC2(C(C)C)CC2)C1. The summed E-state index contributed by atoms with van der Waals surface area (Å²) in [5.41, 5.74) is 0.655. The van der Waals surface area contributed by atoms with Crippen LogP contribution in [0.1, 0.15) is 66.7 Å². The summed E-state index contributed by atoms with van der Waals surface area (Å²) in [6, 6.07) is 0.782. The van der Waals surface area contributed by atoms with Crippen molar-refractivity contribution in [1.82, 2.24) is 5.32 Å². The van der Waals surface area contributed by atoms with Gasteiger partial charge in [0.1, 0.15) is 0 Å². The van der Waals surface area contributed by atoms with E-state index in [-0.39, 0.29) is 0 Å². The molecule has 0 bridgehead atoms. The highest BCUT2D eigenvalue weighted by Gasteiger charge is 2.45. The average molecular weight is 251 g/mol. The molecule has 0 radical (unpaired) electrons. The fraction of sp³-hybridized carbons (Fsp3) is 1.00. The second-order valence-corrected chi connectivity index (χ2v) is 7.83. The molecular formula is C17H33N. The average Bonchev–Trinajstić information content (AvgIpc) is 3.07. The lowest BCUT2D eigenvalue weighted by atomic mass is 9.73. The van der Waals surface area contributed by atoms with E-state index in [9.17, 15) is 0 Å². The van der Waals surface area contributed by atoms with Crippen LogP contribution in [0.15, 0.2) is 0 Å². The first-order valence-electron chi connectivity index (χ1n) is 8.18. The van der Waals surface area contributed by atoms with Gasteiger partial charge in [0.15, 0.2) is 0 Å². The molecule has 3 atom stereocenters. The zero-order valence-electron chi connectivity index (χ0n) is 13.1. The largest absolute Gasteiger partial charge is 0.313 e. The number of nitrogens with one attached hydrogen (secondary N) is 1. The molecule has 2 saturated carbocycles. The van der Waals surface area contributed by atoms with Crippen molar-refractivity contribution in [2.75, 3.05) is 6.54 Å². The fourth-order valence-corrected chi connectivity index (χ4v) is 3.89. The lowest BCUT2D eigenvalue weighted by Crippen LogP contribution is -2.45. The zero-order valence-corrected chi connectivity index (χ0v) is 13.1. The quantitative estimate of drug-likeness (QED) is 0.760. The third-order valence-corrected chi connectivity index (χ3v) is 5.86. The predicted octanol–water partition coefficient (Wildman–Crippen LogP) is 4.47. The maximum Gasteiger partial charge on any atom is 0.0100 e. The third-order valence-electron chi connectivity index (χ3n) is 5.86. The fourth-order valence-electron chi connectivity index (χ4n) is 3.89. The molecule has 2 fully saturated rings. The lowest BCUT2D eigenvalue weighted by Gasteiger charge is -2.39. The Kier molecular flexibility index (Phi) is 4.41. The van der Waals surface area contributed by atoms with Crippen LogP contribution in [0.25, 0.3) is 0 Å². The molecule has 0 aromatic heterocycles. The van der Waals surface area contributed by atoms with Crippen LogP contribution < -0.4 is 5.32 Å². The van der Waals surface area contributed by atoms with Gasteiger partial charge in [0.05, 0.1) is 0 Å². The Morgan fingerprint density at radius 2 is 1.78 bits per heavy atom. The normalized spacial score (nSPS) is 35.2. The van der Waals surface area contributed by atoms with E-state index in [2.05, 4.69) is 39.9 Å². The van der Waals surface area contributed by atoms with Gasteiger partial charge in [0, 0.05) is 12.6 Å². The highest BCUT2D eigenvalue weighted by Crippen LogP contribution is 2.51. The minimum atomic E-state index is 0.655. The van der Waals surface area contributed by atoms with Gasteiger partial charge in [0.2, 0.25) is 0 Å². The van der Waals surface area contributed by atoms with E-state index in [0.717, 1.165) is 29.7 Å². The standard InChI is InChI=1S/C17H33N/c1-12(2)15-7-6-14(5)10-16(15)18-11-17(8-9-17)13(3)4/h12-16,18H,6-11H2,1-5H3. The number of hydrogen-bond donors (Lipinski definition) is 1. The highest BCUT2D eigenvalue weighted by atomic mass is 14.9. The topological polar surface area (TPSA) is 12.0 Å². The van der Waals surface area contributed by atoms with E-state index in [1.54, 1.807) is 0 Å². The Hall–Kier alpha value is -0.0400. The van der Waals surface area contributed by atoms with E-state index >= 15 is 0 Å². The summed E-state index contributed by atoms with van der Waals surface area (Å²) in [7, 11) is 0. The lowest BCUT2D eigenvalue weighted by molar-refractivity contribution is 0.158. The second-order valence-electron chi connectivity index (χ2n) is 7.83. The number of hydrogen-bond acceptors (Lipinski definition) is 1. The van der Waals surface area contributed by atoms with E-state index in [1.165, 1.54) is 38.6 Å². The number of rotatable bonds is 5. The van der Waals surface area contributed by atoms with E-state index in [4.69, 9.17) is 0 Å². The predicted molar refractivity (Wildman–Crippen MR) is 79.6 cm³/mol. The van der Waals surface area contributed by atoms with Crippen LogP contribution in [-0.4, -0.2) is 12.6 Å². The van der Waals surface area contributed by atoms with Crippen molar-refractivity contribution in [2.24, 2.45) is 29.1 Å². The minimum absolute atomic E-state index is 0.655. The smallest absolute Gasteiger partial charge is 0.0100 e. The molecule has 0 aromatic carbocycles. The monoisotopic (exact) mass is 251 g/mol. The molecule has 0 amide bonds. The van der Waals surface area contributed by atoms with E-state index < -0.39 is 0 Å². The van der Waals surface area contributed by atoms with Gasteiger partial charge in [-0.25, -0.2) is 0 Å². The van der Waals surface area contributed by atoms with Gasteiger partial charge in [-0.05, 0) is 54.8 Å². The van der Waals surface area contributed by atoms with Gasteiger partial charge in [-0.2, -0.15) is 0 Å². The molecule has 18 heavy (non-hydrogen) atoms. The van der Waals surface area contributed by atoms with Crippen molar-refractivity contribution in [2.45, 2.75) is 72.8 Å². The van der Waals surface area contributed by atoms with Crippen LogP contribution in [0.3, 0.4) is 0 Å². The van der Waals surface area contributed by atoms with Crippen molar-refractivity contribution in [3.05, 3.63) is 0 Å². The maximum absolute atomic E-state index is 3.97. The van der Waals surface area contributed by atoms with Crippen LogP contribution in [0.4, 0.5) is 0 Å². The van der Waals surface area contributed by atoms with Crippen molar-refractivity contribution in [3.63, 3.8) is 0 Å². The third kappa shape index (κ3) is 3.10. The van der Waals surface area contributed by atoms with Crippen molar-refractivity contribution < 1.29 is 0 Å². The Labute approximate surface area is 114 Å². The van der Waals surface area contributed by atoms with Gasteiger partial charge >= 0.3 is 0 Å². The van der Waals surface area contributed by atoms with Crippen LogP contribution in [-0.2, 0) is 0 Å². The molecular weight excluding hydrogens is 218 g/mol. The molecule has 106 valence electrons. The van der Waals surface area contributed by atoms with Gasteiger partial charge in [-0.15, -0.1) is 0 Å². The van der Waals surface area contributed by atoms with Crippen molar-refractivity contribution in [3.8, 4) is 0 Å². The van der Waals surface area contributed by atoms with Crippen LogP contribution >= 0.6 is 0 Å². The molecule has 1 N–H and O–H groups in total. The van der Waals surface area contributed by atoms with Crippen LogP contribution in [0, 0.1) is 29.1 Å². The summed E-state index contributed by atoms with van der Waals surface area (Å²) in [5, 5.41) is 3.97. The van der Waals surface area contributed by atoms with Crippen LogP contribution in [0.2, 0.25) is 0 Å². The Morgan fingerprint density at radius 1 is 1.11 bits per heavy atom. The molecule has 1 nitrogen and oxygen atoms in total. The van der Waals surface area contributed by atoms with Gasteiger partial charge < -0.3 is 5.32 Å². The summed E-state index contributed by atoms with van der Waals surface area (Å²) in [6.07, 6.45) is 7.18. The molecule has 0 saturated heterocycles. The molecule has 0 spiro atoms. The van der Waals surface area contributed by atoms with Gasteiger partial charge in [-0.1, -0.05) is 41.0 Å². The molecule has 2 aliphatic carbocycles. The zero-order chi connectivity index (χ0) is 13.3. The summed E-state index contributed by atoms with van der Waals surface area (Å²) in [5.74, 6) is 3.52. The minimum Gasteiger partial charge on any atom is -0.313 e. The first-order chi connectivity index (χ1) is 8.44. The summed E-state index contributed by atoms with van der Waals surface area (Å²) < 4.78 is 0. The Morgan fingerprint density at radius 3 is 2.28 bits per heavy atom. The van der Waals surface area contributed by atoms with Crippen molar-refractivity contribution in [1.29, 1.82) is 0 Å². The summed E-state index contributed by atoms with van der Waals surface area (Å²) in [6.45, 7) is 13.3. The molecule has 0 heterocycles. The summed E-state index contributed by atoms with van der Waals surface area (Å²) in [4.78, 5) is 0. The first kappa shape index (κ1) is 14.4. The second kappa shape index (κ2) is 5.53. The van der Waals surface area contributed by atoms with Crippen molar-refractivity contribution >= 4 is 0 Å². The molecule has 0 aliphatic heterocycles. The van der Waals surface area contributed by atoms with Crippen LogP contribution in [0.5, 0.6) is 0 Å². The molecule has 0 aromatic rings. The first-order valence-corrected chi connectivity index (χ1v) is 8.18. The Bertz CT molecular complexity index is 265. The highest BCUT2D eigenvalue weighted by molar-refractivity contribution is 4.98. The summed E-state index contributed by atoms with van der Waals surface area (Å²) >= 11 is 0. The van der Waals surface area contributed by atoms with E-state index in [0.29, 0.717) is 5.41 Å². The van der Waals surface area contributed by atoms with Gasteiger partial charge in [-0.3, -0.25) is 0 Å². The van der Waals surface area contributed by atoms with E-state index in [1.807, 2.05) is 0 Å². The molecule has 3 unspecified atom stereocenters. The maximum atomic E-state index is 3.97. The van der Waals surface area contributed by atoms with Gasteiger partial charge in [0.25, 0.3) is 0 Å². The Balaban J connectivity index is 1.89.